The highest BCUT2D eigenvalue weighted by Crippen LogP contribution is 2.24. The number of nitrogens with one attached hydrogen (secondary N) is 1. The number of carbonyl (C=O) groups is 1. The number of rotatable bonds is 4. The zero-order valence-corrected chi connectivity index (χ0v) is 14.6. The number of hydrogen-bond acceptors (Lipinski definition) is 5. The summed E-state index contributed by atoms with van der Waals surface area (Å²) in [5, 5.41) is 4.75. The number of fused-ring (bicyclic) bond motifs is 1. The normalized spacial score (nSPS) is 11.1. The molecule has 0 radical (unpaired) electrons. The number of para-hydroxylation sites is 1. The van der Waals surface area contributed by atoms with Crippen LogP contribution in [-0.2, 0) is 0 Å². The molecule has 0 bridgehead atoms. The van der Waals surface area contributed by atoms with E-state index >= 15 is 0 Å². The quantitative estimate of drug-likeness (QED) is 0.443. The van der Waals surface area contributed by atoms with Gasteiger partial charge in [0.1, 0.15) is 11.5 Å². The predicted molar refractivity (Wildman–Crippen MR) is 103 cm³/mol. The number of hydrazone groups is 1. The van der Waals surface area contributed by atoms with E-state index in [-0.39, 0.29) is 5.91 Å². The van der Waals surface area contributed by atoms with Crippen molar-refractivity contribution < 1.29 is 9.21 Å². The van der Waals surface area contributed by atoms with Gasteiger partial charge in [-0.15, -0.1) is 0 Å². The maximum absolute atomic E-state index is 12.7. The molecule has 0 saturated heterocycles. The van der Waals surface area contributed by atoms with Crippen molar-refractivity contribution in [2.24, 2.45) is 5.10 Å². The number of pyridine rings is 2. The van der Waals surface area contributed by atoms with Crippen LogP contribution in [0.2, 0.25) is 0 Å². The molecule has 0 unspecified atom stereocenters. The minimum Gasteiger partial charge on any atom is -0.460 e. The summed E-state index contributed by atoms with van der Waals surface area (Å²) in [6.07, 6.45) is 4.88. The summed E-state index contributed by atoms with van der Waals surface area (Å²) in [5.41, 5.74) is 5.30. The molecule has 6 heteroatoms. The molecule has 0 saturated carbocycles. The molecule has 4 rings (SSSR count). The smallest absolute Gasteiger partial charge is 0.272 e. The van der Waals surface area contributed by atoms with Crippen molar-refractivity contribution in [2.45, 2.75) is 6.92 Å². The molecule has 27 heavy (non-hydrogen) atoms. The average Bonchev–Trinajstić information content (AvgIpc) is 3.12. The molecule has 3 heterocycles. The molecule has 0 spiro atoms. The van der Waals surface area contributed by atoms with Crippen LogP contribution in [-0.4, -0.2) is 22.1 Å². The van der Waals surface area contributed by atoms with Gasteiger partial charge in [-0.2, -0.15) is 5.10 Å². The van der Waals surface area contributed by atoms with Crippen LogP contribution in [0.5, 0.6) is 0 Å². The van der Waals surface area contributed by atoms with Gasteiger partial charge in [0.25, 0.3) is 5.91 Å². The van der Waals surface area contributed by atoms with Gasteiger partial charge in [-0.3, -0.25) is 9.78 Å². The van der Waals surface area contributed by atoms with Crippen LogP contribution in [0.15, 0.2) is 76.5 Å². The molecule has 1 aromatic carbocycles. The van der Waals surface area contributed by atoms with Crippen LogP contribution in [0.4, 0.5) is 0 Å². The summed E-state index contributed by atoms with van der Waals surface area (Å²) in [5.74, 6) is 1.03. The molecular formula is C21H16N4O2. The maximum Gasteiger partial charge on any atom is 0.272 e. The fourth-order valence-corrected chi connectivity index (χ4v) is 2.76. The van der Waals surface area contributed by atoms with Crippen LogP contribution >= 0.6 is 0 Å². The molecule has 6 nitrogen and oxygen atoms in total. The van der Waals surface area contributed by atoms with E-state index in [2.05, 4.69) is 20.5 Å². The lowest BCUT2D eigenvalue weighted by atomic mass is 10.0. The fraction of sp³-hybridized carbons (Fsp3) is 0.0476. The highest BCUT2D eigenvalue weighted by atomic mass is 16.3. The summed E-state index contributed by atoms with van der Waals surface area (Å²) >= 11 is 0. The van der Waals surface area contributed by atoms with Gasteiger partial charge in [0, 0.05) is 23.3 Å². The summed E-state index contributed by atoms with van der Waals surface area (Å²) in [6.45, 7) is 1.85. The first-order valence-electron chi connectivity index (χ1n) is 8.41. The Bertz CT molecular complexity index is 1130. The molecule has 1 amide bonds. The van der Waals surface area contributed by atoms with Crippen molar-refractivity contribution in [1.82, 2.24) is 15.4 Å². The van der Waals surface area contributed by atoms with E-state index in [0.29, 0.717) is 17.0 Å². The monoisotopic (exact) mass is 356 g/mol. The van der Waals surface area contributed by atoms with E-state index in [1.54, 1.807) is 24.5 Å². The molecule has 0 fully saturated rings. The lowest BCUT2D eigenvalue weighted by Gasteiger charge is -2.08. The SMILES string of the molecule is Cc1ccc(/C=N/NC(=O)c2cc(-c3cccnc3)nc3ccccc23)o1. The Morgan fingerprint density at radius 1 is 1.15 bits per heavy atom. The van der Waals surface area contributed by atoms with Gasteiger partial charge in [0.15, 0.2) is 0 Å². The Morgan fingerprint density at radius 3 is 2.81 bits per heavy atom. The summed E-state index contributed by atoms with van der Waals surface area (Å²) < 4.78 is 5.40. The molecule has 0 aliphatic heterocycles. The Kier molecular flexibility index (Phi) is 4.45. The van der Waals surface area contributed by atoms with Gasteiger partial charge in [-0.25, -0.2) is 10.4 Å². The standard InChI is InChI=1S/C21H16N4O2/c1-14-8-9-16(27-14)13-23-25-21(26)18-11-20(15-5-4-10-22-12-15)24-19-7-3-2-6-17(18)19/h2-13H,1H3,(H,25,26)/b23-13+. The molecule has 1 N–H and O–H groups in total. The number of amides is 1. The molecule has 0 atom stereocenters. The maximum atomic E-state index is 12.7. The number of nitrogens with zero attached hydrogens (tertiary/aromatic N) is 3. The summed E-state index contributed by atoms with van der Waals surface area (Å²) in [4.78, 5) is 21.5. The minimum atomic E-state index is -0.321. The minimum absolute atomic E-state index is 0.321. The first-order valence-corrected chi connectivity index (χ1v) is 8.41. The van der Waals surface area contributed by atoms with Crippen molar-refractivity contribution >= 4 is 23.0 Å². The van der Waals surface area contributed by atoms with Gasteiger partial charge >= 0.3 is 0 Å². The number of hydrogen-bond donors (Lipinski definition) is 1. The third-order valence-corrected chi connectivity index (χ3v) is 4.04. The highest BCUT2D eigenvalue weighted by Gasteiger charge is 2.13. The van der Waals surface area contributed by atoms with Gasteiger partial charge in [-0.05, 0) is 43.3 Å². The second kappa shape index (κ2) is 7.21. The van der Waals surface area contributed by atoms with Crippen molar-refractivity contribution in [3.63, 3.8) is 0 Å². The largest absolute Gasteiger partial charge is 0.460 e. The molecule has 132 valence electrons. The third kappa shape index (κ3) is 3.59. The summed E-state index contributed by atoms with van der Waals surface area (Å²) in [7, 11) is 0. The van der Waals surface area contributed by atoms with Crippen molar-refractivity contribution in [3.8, 4) is 11.3 Å². The average molecular weight is 356 g/mol. The number of aryl methyl sites for hydroxylation is 1. The zero-order chi connectivity index (χ0) is 18.6. The Balaban J connectivity index is 1.69. The van der Waals surface area contributed by atoms with Gasteiger partial charge < -0.3 is 4.42 Å². The second-order valence-corrected chi connectivity index (χ2v) is 5.96. The lowest BCUT2D eigenvalue weighted by molar-refractivity contribution is 0.0956. The summed E-state index contributed by atoms with van der Waals surface area (Å²) in [6, 6.07) is 16.6. The van der Waals surface area contributed by atoms with Crippen molar-refractivity contribution in [1.29, 1.82) is 0 Å². The van der Waals surface area contributed by atoms with Crippen LogP contribution in [0.1, 0.15) is 21.9 Å². The topological polar surface area (TPSA) is 80.4 Å². The van der Waals surface area contributed by atoms with Crippen LogP contribution < -0.4 is 5.43 Å². The number of benzene rings is 1. The molecular weight excluding hydrogens is 340 g/mol. The molecule has 3 aromatic heterocycles. The first kappa shape index (κ1) is 16.7. The number of furan rings is 1. The molecule has 0 aliphatic carbocycles. The van der Waals surface area contributed by atoms with E-state index < -0.39 is 0 Å². The van der Waals surface area contributed by atoms with Crippen LogP contribution in [0, 0.1) is 6.92 Å². The highest BCUT2D eigenvalue weighted by molar-refractivity contribution is 6.07. The van der Waals surface area contributed by atoms with Crippen LogP contribution in [0.25, 0.3) is 22.2 Å². The number of aromatic nitrogens is 2. The van der Waals surface area contributed by atoms with E-state index in [9.17, 15) is 4.79 Å². The zero-order valence-electron chi connectivity index (χ0n) is 14.6. The fourth-order valence-electron chi connectivity index (χ4n) is 2.76. The van der Waals surface area contributed by atoms with Crippen molar-refractivity contribution in [2.75, 3.05) is 0 Å². The van der Waals surface area contributed by atoms with Gasteiger partial charge in [0.2, 0.25) is 0 Å². The number of carbonyl (C=O) groups excluding carboxylic acids is 1. The van der Waals surface area contributed by atoms with E-state index in [1.807, 2.05) is 49.4 Å². The van der Waals surface area contributed by atoms with Gasteiger partial charge in [0.05, 0.1) is 23.0 Å². The Morgan fingerprint density at radius 2 is 2.04 bits per heavy atom. The van der Waals surface area contributed by atoms with Crippen LogP contribution in [0.3, 0.4) is 0 Å². The second-order valence-electron chi connectivity index (χ2n) is 5.96. The molecule has 4 aromatic rings. The third-order valence-electron chi connectivity index (χ3n) is 4.04. The Hall–Kier alpha value is -3.80. The first-order chi connectivity index (χ1) is 13.2. The van der Waals surface area contributed by atoms with E-state index in [0.717, 1.165) is 22.2 Å². The van der Waals surface area contributed by atoms with Gasteiger partial charge in [-0.1, -0.05) is 18.2 Å². The van der Waals surface area contributed by atoms with Crippen molar-refractivity contribution in [3.05, 3.63) is 84.1 Å². The lowest BCUT2D eigenvalue weighted by Crippen LogP contribution is -2.18. The Labute approximate surface area is 155 Å². The molecule has 0 aliphatic rings. The van der Waals surface area contributed by atoms with E-state index in [1.165, 1.54) is 6.21 Å². The predicted octanol–water partition coefficient (Wildman–Crippen LogP) is 3.96. The van der Waals surface area contributed by atoms with E-state index in [4.69, 9.17) is 4.42 Å².